The van der Waals surface area contributed by atoms with Crippen molar-refractivity contribution < 1.29 is 17.9 Å². The maximum atomic E-state index is 13.1. The van der Waals surface area contributed by atoms with Gasteiger partial charge in [-0.25, -0.2) is 4.68 Å². The van der Waals surface area contributed by atoms with Crippen molar-refractivity contribution in [1.29, 1.82) is 0 Å². The number of ether oxygens (including phenoxy) is 1. The number of hydrogen-bond donors (Lipinski definition) is 0. The van der Waals surface area contributed by atoms with E-state index in [4.69, 9.17) is 4.74 Å². The molecule has 0 spiro atoms. The highest BCUT2D eigenvalue weighted by Crippen LogP contribution is 2.34. The second-order valence-electron chi connectivity index (χ2n) is 4.89. The van der Waals surface area contributed by atoms with Crippen molar-refractivity contribution in [2.75, 3.05) is 7.11 Å². The van der Waals surface area contributed by atoms with Gasteiger partial charge in [-0.15, -0.1) is 0 Å². The zero-order valence-corrected chi connectivity index (χ0v) is 12.2. The SMILES string of the molecule is COc1cccc(-c2cc(C(F)(F)F)nn2-c2ccccc2)c1. The Bertz CT molecular complexity index is 810. The molecule has 0 amide bonds. The molecule has 118 valence electrons. The van der Waals surface area contributed by atoms with Crippen LogP contribution in [0.15, 0.2) is 60.7 Å². The first-order valence-corrected chi connectivity index (χ1v) is 6.86. The maximum Gasteiger partial charge on any atom is 0.435 e. The summed E-state index contributed by atoms with van der Waals surface area (Å²) >= 11 is 0. The Morgan fingerprint density at radius 2 is 1.70 bits per heavy atom. The van der Waals surface area contributed by atoms with Crippen molar-refractivity contribution in [2.45, 2.75) is 6.18 Å². The third-order valence-electron chi connectivity index (χ3n) is 3.37. The summed E-state index contributed by atoms with van der Waals surface area (Å²) in [4.78, 5) is 0. The molecule has 0 bridgehead atoms. The molecule has 1 aromatic heterocycles. The largest absolute Gasteiger partial charge is 0.497 e. The van der Waals surface area contributed by atoms with E-state index in [9.17, 15) is 13.2 Å². The number of para-hydroxylation sites is 1. The van der Waals surface area contributed by atoms with Gasteiger partial charge in [0.05, 0.1) is 18.5 Å². The van der Waals surface area contributed by atoms with Gasteiger partial charge in [0, 0.05) is 5.56 Å². The summed E-state index contributed by atoms with van der Waals surface area (Å²) in [5.74, 6) is 0.567. The van der Waals surface area contributed by atoms with Crippen LogP contribution in [0.1, 0.15) is 5.69 Å². The van der Waals surface area contributed by atoms with Gasteiger partial charge >= 0.3 is 6.18 Å². The Morgan fingerprint density at radius 3 is 2.35 bits per heavy atom. The molecule has 0 radical (unpaired) electrons. The number of nitrogens with zero attached hydrogens (tertiary/aromatic N) is 2. The normalized spacial score (nSPS) is 11.5. The standard InChI is InChI=1S/C17H13F3N2O/c1-23-14-9-5-6-12(10-14)15-11-16(17(18,19)20)21-22(15)13-7-3-2-4-8-13/h2-11H,1H3. The lowest BCUT2D eigenvalue weighted by atomic mass is 10.1. The molecule has 0 saturated heterocycles. The van der Waals surface area contributed by atoms with Crippen molar-refractivity contribution in [3.63, 3.8) is 0 Å². The smallest absolute Gasteiger partial charge is 0.435 e. The minimum atomic E-state index is -4.51. The zero-order chi connectivity index (χ0) is 16.4. The van der Waals surface area contributed by atoms with Gasteiger partial charge in [0.25, 0.3) is 0 Å². The van der Waals surface area contributed by atoms with Gasteiger partial charge in [-0.3, -0.25) is 0 Å². The third kappa shape index (κ3) is 3.06. The molecule has 3 aromatic rings. The monoisotopic (exact) mass is 318 g/mol. The topological polar surface area (TPSA) is 27.1 Å². The van der Waals surface area contributed by atoms with E-state index < -0.39 is 11.9 Å². The number of halogens is 3. The van der Waals surface area contributed by atoms with E-state index in [0.717, 1.165) is 6.07 Å². The van der Waals surface area contributed by atoms with Gasteiger partial charge in [-0.1, -0.05) is 30.3 Å². The molecular formula is C17H13F3N2O. The third-order valence-corrected chi connectivity index (χ3v) is 3.37. The Morgan fingerprint density at radius 1 is 0.957 bits per heavy atom. The van der Waals surface area contributed by atoms with Crippen LogP contribution in [0.4, 0.5) is 13.2 Å². The van der Waals surface area contributed by atoms with Crippen LogP contribution in [0.25, 0.3) is 16.9 Å². The van der Waals surface area contributed by atoms with E-state index >= 15 is 0 Å². The van der Waals surface area contributed by atoms with Gasteiger partial charge in [-0.05, 0) is 30.3 Å². The first kappa shape index (κ1) is 15.1. The first-order valence-electron chi connectivity index (χ1n) is 6.86. The fraction of sp³-hybridized carbons (Fsp3) is 0.118. The number of aromatic nitrogens is 2. The van der Waals surface area contributed by atoms with Gasteiger partial charge in [0.15, 0.2) is 5.69 Å². The number of alkyl halides is 3. The van der Waals surface area contributed by atoms with Crippen LogP contribution in [0.3, 0.4) is 0 Å². The van der Waals surface area contributed by atoms with Gasteiger partial charge in [-0.2, -0.15) is 18.3 Å². The summed E-state index contributed by atoms with van der Waals surface area (Å²) in [6.45, 7) is 0. The van der Waals surface area contributed by atoms with E-state index in [-0.39, 0.29) is 0 Å². The summed E-state index contributed by atoms with van der Waals surface area (Å²) < 4.78 is 45.6. The van der Waals surface area contributed by atoms with Crippen LogP contribution in [-0.2, 0) is 6.18 Å². The minimum absolute atomic E-state index is 0.349. The molecule has 0 aliphatic rings. The van der Waals surface area contributed by atoms with E-state index in [2.05, 4.69) is 5.10 Å². The van der Waals surface area contributed by atoms with Crippen molar-refractivity contribution in [3.8, 4) is 22.7 Å². The highest BCUT2D eigenvalue weighted by molar-refractivity contribution is 5.64. The summed E-state index contributed by atoms with van der Waals surface area (Å²) in [7, 11) is 1.51. The summed E-state index contributed by atoms with van der Waals surface area (Å²) in [6.07, 6.45) is -4.51. The lowest BCUT2D eigenvalue weighted by Gasteiger charge is -2.08. The minimum Gasteiger partial charge on any atom is -0.497 e. The molecule has 3 rings (SSSR count). The Kier molecular flexibility index (Phi) is 3.82. The van der Waals surface area contributed by atoms with Crippen molar-refractivity contribution >= 4 is 0 Å². The molecular weight excluding hydrogens is 305 g/mol. The Labute approximate surface area is 130 Å². The predicted octanol–water partition coefficient (Wildman–Crippen LogP) is 4.57. The molecule has 23 heavy (non-hydrogen) atoms. The van der Waals surface area contributed by atoms with E-state index in [1.807, 2.05) is 0 Å². The fourth-order valence-corrected chi connectivity index (χ4v) is 2.27. The molecule has 1 heterocycles. The fourth-order valence-electron chi connectivity index (χ4n) is 2.27. The second kappa shape index (κ2) is 5.79. The Balaban J connectivity index is 2.20. The molecule has 0 atom stereocenters. The summed E-state index contributed by atoms with van der Waals surface area (Å²) in [6, 6.07) is 16.6. The van der Waals surface area contributed by atoms with Crippen LogP contribution >= 0.6 is 0 Å². The number of methoxy groups -OCH3 is 1. The predicted molar refractivity (Wildman–Crippen MR) is 80.6 cm³/mol. The van der Waals surface area contributed by atoms with Crippen LogP contribution in [0.2, 0.25) is 0 Å². The molecule has 0 N–H and O–H groups in total. The van der Waals surface area contributed by atoms with Gasteiger partial charge in [0.1, 0.15) is 5.75 Å². The van der Waals surface area contributed by atoms with Crippen LogP contribution in [-0.4, -0.2) is 16.9 Å². The summed E-state index contributed by atoms with van der Waals surface area (Å²) in [5, 5.41) is 3.73. The van der Waals surface area contributed by atoms with Gasteiger partial charge in [0.2, 0.25) is 0 Å². The van der Waals surface area contributed by atoms with Crippen LogP contribution in [0, 0.1) is 0 Å². The van der Waals surface area contributed by atoms with E-state index in [1.54, 1.807) is 54.6 Å². The lowest BCUT2D eigenvalue weighted by molar-refractivity contribution is -0.141. The zero-order valence-electron chi connectivity index (χ0n) is 12.2. The molecule has 0 fully saturated rings. The molecule has 6 heteroatoms. The average molecular weight is 318 g/mol. The number of rotatable bonds is 3. The first-order chi connectivity index (χ1) is 11.0. The Hall–Kier alpha value is -2.76. The average Bonchev–Trinajstić information content (AvgIpc) is 3.01. The molecule has 2 aromatic carbocycles. The van der Waals surface area contributed by atoms with Crippen molar-refractivity contribution in [2.24, 2.45) is 0 Å². The van der Waals surface area contributed by atoms with Gasteiger partial charge < -0.3 is 4.74 Å². The van der Waals surface area contributed by atoms with Crippen molar-refractivity contribution in [3.05, 3.63) is 66.4 Å². The molecule has 0 unspecified atom stereocenters. The van der Waals surface area contributed by atoms with E-state index in [0.29, 0.717) is 22.7 Å². The quantitative estimate of drug-likeness (QED) is 0.707. The molecule has 0 aliphatic heterocycles. The van der Waals surface area contributed by atoms with E-state index in [1.165, 1.54) is 11.8 Å². The van der Waals surface area contributed by atoms with Crippen molar-refractivity contribution in [1.82, 2.24) is 9.78 Å². The molecule has 0 saturated carbocycles. The highest BCUT2D eigenvalue weighted by atomic mass is 19.4. The molecule has 3 nitrogen and oxygen atoms in total. The lowest BCUT2D eigenvalue weighted by Crippen LogP contribution is -2.07. The number of hydrogen-bond acceptors (Lipinski definition) is 2. The number of benzene rings is 2. The second-order valence-corrected chi connectivity index (χ2v) is 4.89. The highest BCUT2D eigenvalue weighted by Gasteiger charge is 2.35. The molecule has 0 aliphatic carbocycles. The summed E-state index contributed by atoms with van der Waals surface area (Å²) in [5.41, 5.74) is 0.568. The van der Waals surface area contributed by atoms with Crippen LogP contribution < -0.4 is 4.74 Å². The van der Waals surface area contributed by atoms with Crippen LogP contribution in [0.5, 0.6) is 5.75 Å². The maximum absolute atomic E-state index is 13.1.